The van der Waals surface area contributed by atoms with Crippen molar-refractivity contribution in [2.75, 3.05) is 18.1 Å². The Balaban J connectivity index is 1.57. The number of hydrogen-bond acceptors (Lipinski definition) is 7. The molecule has 1 aliphatic rings. The Hall–Kier alpha value is -3.90. The molecule has 44 heavy (non-hydrogen) atoms. The summed E-state index contributed by atoms with van der Waals surface area (Å²) in [6, 6.07) is 10.2. The van der Waals surface area contributed by atoms with Crippen LogP contribution in [0.2, 0.25) is 5.02 Å². The highest BCUT2D eigenvalue weighted by Gasteiger charge is 2.31. The van der Waals surface area contributed by atoms with E-state index in [2.05, 4.69) is 27.8 Å². The number of anilines is 1. The van der Waals surface area contributed by atoms with E-state index < -0.39 is 28.7 Å². The second-order valence-electron chi connectivity index (χ2n) is 11.2. The first-order valence-electron chi connectivity index (χ1n) is 14.5. The molecule has 2 amide bonds. The van der Waals surface area contributed by atoms with Crippen LogP contribution < -0.4 is 5.32 Å². The van der Waals surface area contributed by atoms with Gasteiger partial charge in [0.1, 0.15) is 12.4 Å². The summed E-state index contributed by atoms with van der Waals surface area (Å²) < 4.78 is 13.6. The summed E-state index contributed by atoms with van der Waals surface area (Å²) in [4.78, 5) is 40.0. The van der Waals surface area contributed by atoms with Crippen LogP contribution in [0.4, 0.5) is 5.69 Å². The molecule has 13 heteroatoms. The van der Waals surface area contributed by atoms with Gasteiger partial charge in [-0.1, -0.05) is 31.4 Å². The monoisotopic (exact) mass is 640 g/mol. The lowest BCUT2D eigenvalue weighted by Gasteiger charge is -2.33. The van der Waals surface area contributed by atoms with Crippen molar-refractivity contribution in [3.8, 4) is 5.69 Å². The number of hydrogen-bond donors (Lipinski definition) is 2. The minimum atomic E-state index is -1.06. The molecule has 1 heterocycles. The largest absolute Gasteiger partial charge is 0.478 e. The summed E-state index contributed by atoms with van der Waals surface area (Å²) in [5.41, 5.74) is 1.77. The SMILES string of the molecule is CC(CN(C(=O)C=Cc1cc(Cl)ccc1-n1cnnn1)C(C)C(=O)Nc1ccc(C(=O)O)cc1)C1CCCC(S(C)=O)CC1. The molecule has 1 aromatic heterocycles. The Labute approximate surface area is 264 Å². The van der Waals surface area contributed by atoms with Crippen LogP contribution in [-0.4, -0.2) is 76.3 Å². The lowest BCUT2D eigenvalue weighted by Crippen LogP contribution is -2.47. The highest BCUT2D eigenvalue weighted by atomic mass is 35.5. The minimum Gasteiger partial charge on any atom is -0.478 e. The molecule has 5 unspecified atom stereocenters. The summed E-state index contributed by atoms with van der Waals surface area (Å²) in [6.45, 7) is 4.12. The normalized spacial score (nSPS) is 19.1. The zero-order chi connectivity index (χ0) is 31.8. The molecule has 2 aromatic carbocycles. The van der Waals surface area contributed by atoms with Gasteiger partial charge in [-0.25, -0.2) is 4.79 Å². The van der Waals surface area contributed by atoms with Crippen molar-refractivity contribution in [1.82, 2.24) is 25.1 Å². The lowest BCUT2D eigenvalue weighted by molar-refractivity contribution is -0.135. The van der Waals surface area contributed by atoms with Crippen LogP contribution >= 0.6 is 11.6 Å². The molecular weight excluding hydrogens is 604 g/mol. The van der Waals surface area contributed by atoms with E-state index in [9.17, 15) is 23.7 Å². The summed E-state index contributed by atoms with van der Waals surface area (Å²) >= 11 is 6.26. The summed E-state index contributed by atoms with van der Waals surface area (Å²) in [5, 5.41) is 24.0. The fourth-order valence-corrected chi connectivity index (χ4v) is 6.72. The Kier molecular flexibility index (Phi) is 11.4. The van der Waals surface area contributed by atoms with Crippen LogP contribution in [0, 0.1) is 11.8 Å². The summed E-state index contributed by atoms with van der Waals surface area (Å²) in [5.74, 6) is -1.41. The molecule has 4 rings (SSSR count). The van der Waals surface area contributed by atoms with Gasteiger partial charge in [-0.05, 0) is 97.0 Å². The number of amides is 2. The molecule has 234 valence electrons. The number of nitrogens with zero attached hydrogens (tertiary/aromatic N) is 5. The zero-order valence-electron chi connectivity index (χ0n) is 24.9. The van der Waals surface area contributed by atoms with E-state index in [-0.39, 0.29) is 22.6 Å². The van der Waals surface area contributed by atoms with Crippen LogP contribution in [0.3, 0.4) is 0 Å². The number of aromatic carboxylic acids is 1. The third kappa shape index (κ3) is 8.60. The van der Waals surface area contributed by atoms with Gasteiger partial charge in [0.25, 0.3) is 0 Å². The van der Waals surface area contributed by atoms with E-state index in [0.29, 0.717) is 34.4 Å². The first-order chi connectivity index (χ1) is 21.0. The molecule has 0 spiro atoms. The van der Waals surface area contributed by atoms with E-state index in [4.69, 9.17) is 11.6 Å². The van der Waals surface area contributed by atoms with Gasteiger partial charge in [0.05, 0.1) is 11.3 Å². The first kappa shape index (κ1) is 33.0. The average Bonchev–Trinajstić information content (AvgIpc) is 3.41. The number of carboxylic acids is 1. The van der Waals surface area contributed by atoms with Crippen molar-refractivity contribution < 1.29 is 23.7 Å². The zero-order valence-corrected chi connectivity index (χ0v) is 26.5. The standard InChI is InChI=1S/C31H37ClN6O5S/c1-20(22-5-4-6-27(14-9-22)44(3)43)18-37(21(2)30(40)34-26-12-7-23(8-13-26)31(41)42)29(39)16-10-24-17-25(32)11-15-28(24)38-19-33-35-36-38/h7-8,10-13,15-17,19-22,27H,4-6,9,14,18H2,1-3H3,(H,34,40)(H,41,42). The quantitative estimate of drug-likeness (QED) is 0.223. The molecule has 0 radical (unpaired) electrons. The van der Waals surface area contributed by atoms with Gasteiger partial charge >= 0.3 is 5.97 Å². The van der Waals surface area contributed by atoms with Crippen molar-refractivity contribution in [3.63, 3.8) is 0 Å². The first-order valence-corrected chi connectivity index (χ1v) is 16.5. The number of aromatic nitrogens is 4. The highest BCUT2D eigenvalue weighted by molar-refractivity contribution is 7.84. The number of halogens is 1. The Bertz CT molecular complexity index is 1510. The molecular formula is C31H37ClN6O5S. The number of tetrazole rings is 1. The summed E-state index contributed by atoms with van der Waals surface area (Å²) in [6.07, 6.45) is 10.9. The van der Waals surface area contributed by atoms with Gasteiger partial charge in [-0.15, -0.1) is 5.10 Å². The topological polar surface area (TPSA) is 147 Å². The van der Waals surface area contributed by atoms with Gasteiger partial charge in [0.2, 0.25) is 11.8 Å². The molecule has 1 saturated carbocycles. The van der Waals surface area contributed by atoms with Gasteiger partial charge < -0.3 is 15.3 Å². The van der Waals surface area contributed by atoms with E-state index in [1.54, 1.807) is 42.4 Å². The number of carbonyl (C=O) groups excluding carboxylic acids is 2. The number of benzene rings is 2. The van der Waals surface area contributed by atoms with Crippen LogP contribution in [0.25, 0.3) is 11.8 Å². The molecule has 0 saturated heterocycles. The van der Waals surface area contributed by atoms with Crippen molar-refractivity contribution in [3.05, 3.63) is 71.0 Å². The van der Waals surface area contributed by atoms with Crippen LogP contribution in [0.15, 0.2) is 54.9 Å². The second kappa shape index (κ2) is 15.2. The van der Waals surface area contributed by atoms with Crippen LogP contribution in [-0.2, 0) is 20.4 Å². The fraction of sp³-hybridized carbons (Fsp3) is 0.419. The van der Waals surface area contributed by atoms with E-state index in [0.717, 1.165) is 32.1 Å². The van der Waals surface area contributed by atoms with E-state index in [1.807, 2.05) is 0 Å². The number of nitrogens with one attached hydrogen (secondary N) is 1. The predicted octanol–water partition coefficient (Wildman–Crippen LogP) is 4.85. The van der Waals surface area contributed by atoms with E-state index >= 15 is 0 Å². The molecule has 1 aliphatic carbocycles. The van der Waals surface area contributed by atoms with Gasteiger partial charge in [0, 0.05) is 51.2 Å². The summed E-state index contributed by atoms with van der Waals surface area (Å²) in [7, 11) is -0.865. The minimum absolute atomic E-state index is 0.0874. The third-order valence-electron chi connectivity index (χ3n) is 8.24. The Morgan fingerprint density at radius 2 is 1.89 bits per heavy atom. The number of carbonyl (C=O) groups is 3. The van der Waals surface area contributed by atoms with Crippen molar-refractivity contribution in [2.45, 2.75) is 57.2 Å². The molecule has 3 aromatic rings. The van der Waals surface area contributed by atoms with Crippen LogP contribution in [0.1, 0.15) is 61.9 Å². The number of rotatable bonds is 11. The lowest BCUT2D eigenvalue weighted by atomic mass is 9.86. The van der Waals surface area contributed by atoms with Crippen molar-refractivity contribution >= 4 is 51.9 Å². The molecule has 0 aliphatic heterocycles. The smallest absolute Gasteiger partial charge is 0.335 e. The molecule has 1 fully saturated rings. The van der Waals surface area contributed by atoms with Gasteiger partial charge in [0.15, 0.2) is 0 Å². The average molecular weight is 641 g/mol. The number of carboxylic acid groups (broad SMARTS) is 1. The maximum atomic E-state index is 13.8. The van der Waals surface area contributed by atoms with E-state index in [1.165, 1.54) is 41.4 Å². The van der Waals surface area contributed by atoms with Crippen LogP contribution in [0.5, 0.6) is 0 Å². The third-order valence-corrected chi connectivity index (χ3v) is 9.88. The maximum Gasteiger partial charge on any atom is 0.335 e. The molecule has 11 nitrogen and oxygen atoms in total. The van der Waals surface area contributed by atoms with Gasteiger partial charge in [-0.2, -0.15) is 4.68 Å². The molecule has 0 bridgehead atoms. The van der Waals surface area contributed by atoms with Gasteiger partial charge in [-0.3, -0.25) is 13.8 Å². The maximum absolute atomic E-state index is 13.8. The molecule has 5 atom stereocenters. The van der Waals surface area contributed by atoms with Crippen molar-refractivity contribution in [2.24, 2.45) is 11.8 Å². The second-order valence-corrected chi connectivity index (χ2v) is 13.3. The Morgan fingerprint density at radius 1 is 1.14 bits per heavy atom. The fourth-order valence-electron chi connectivity index (χ4n) is 5.58. The predicted molar refractivity (Wildman–Crippen MR) is 170 cm³/mol. The Morgan fingerprint density at radius 3 is 2.55 bits per heavy atom. The van der Waals surface area contributed by atoms with Crippen molar-refractivity contribution in [1.29, 1.82) is 0 Å². The molecule has 2 N–H and O–H groups in total. The highest BCUT2D eigenvalue weighted by Crippen LogP contribution is 2.32.